The fourth-order valence-electron chi connectivity index (χ4n) is 1.91. The number of hydrogen-bond donors (Lipinski definition) is 1. The monoisotopic (exact) mass is 262 g/mol. The molecule has 0 radical (unpaired) electrons. The van der Waals surface area contributed by atoms with Crippen LogP contribution in [0.5, 0.6) is 0 Å². The van der Waals surface area contributed by atoms with E-state index in [4.69, 9.17) is 11.6 Å². The highest BCUT2D eigenvalue weighted by molar-refractivity contribution is 6.35. The number of halogens is 1. The van der Waals surface area contributed by atoms with Crippen molar-refractivity contribution in [3.8, 4) is 0 Å². The van der Waals surface area contributed by atoms with Gasteiger partial charge in [0.2, 0.25) is 0 Å². The van der Waals surface area contributed by atoms with Crippen LogP contribution in [0, 0.1) is 12.3 Å². The van der Waals surface area contributed by atoms with Crippen molar-refractivity contribution >= 4 is 28.2 Å². The molecule has 3 heteroatoms. The van der Waals surface area contributed by atoms with Gasteiger partial charge in [0.1, 0.15) is 0 Å². The Labute approximate surface area is 113 Å². The van der Waals surface area contributed by atoms with Gasteiger partial charge in [-0.1, -0.05) is 32.4 Å². The first kappa shape index (κ1) is 13.2. The minimum absolute atomic E-state index is 0.211. The molecule has 0 aliphatic heterocycles. The van der Waals surface area contributed by atoms with E-state index in [0.717, 1.165) is 33.7 Å². The van der Waals surface area contributed by atoms with Crippen molar-refractivity contribution < 1.29 is 0 Å². The summed E-state index contributed by atoms with van der Waals surface area (Å²) in [6.07, 6.45) is 1.82. The van der Waals surface area contributed by atoms with Gasteiger partial charge in [-0.25, -0.2) is 0 Å². The van der Waals surface area contributed by atoms with Crippen LogP contribution in [0.15, 0.2) is 24.4 Å². The normalized spacial score (nSPS) is 11.8. The molecule has 0 bridgehead atoms. The van der Waals surface area contributed by atoms with E-state index in [0.29, 0.717) is 0 Å². The summed E-state index contributed by atoms with van der Waals surface area (Å²) in [5.41, 5.74) is 3.32. The van der Waals surface area contributed by atoms with E-state index in [-0.39, 0.29) is 5.41 Å². The highest BCUT2D eigenvalue weighted by atomic mass is 35.5. The maximum Gasteiger partial charge on any atom is 0.0752 e. The molecule has 18 heavy (non-hydrogen) atoms. The number of nitrogens with zero attached hydrogens (tertiary/aromatic N) is 1. The van der Waals surface area contributed by atoms with Gasteiger partial charge >= 0.3 is 0 Å². The van der Waals surface area contributed by atoms with E-state index in [2.05, 4.69) is 37.1 Å². The lowest BCUT2D eigenvalue weighted by Gasteiger charge is -2.21. The predicted octanol–water partition coefficient (Wildman–Crippen LogP) is 4.65. The Kier molecular flexibility index (Phi) is 3.49. The molecule has 1 aromatic carbocycles. The van der Waals surface area contributed by atoms with Crippen molar-refractivity contribution in [1.29, 1.82) is 0 Å². The molecule has 0 spiro atoms. The molecule has 1 heterocycles. The fourth-order valence-corrected chi connectivity index (χ4v) is 2.25. The number of rotatable bonds is 2. The average Bonchev–Trinajstić information content (AvgIpc) is 2.27. The molecule has 2 nitrogen and oxygen atoms in total. The first-order valence-corrected chi connectivity index (χ1v) is 6.54. The smallest absolute Gasteiger partial charge is 0.0752 e. The van der Waals surface area contributed by atoms with Gasteiger partial charge in [0.05, 0.1) is 16.2 Å². The first-order valence-electron chi connectivity index (χ1n) is 6.16. The van der Waals surface area contributed by atoms with Crippen LogP contribution in [-0.4, -0.2) is 11.5 Å². The highest BCUT2D eigenvalue weighted by Crippen LogP contribution is 2.33. The van der Waals surface area contributed by atoms with E-state index in [1.54, 1.807) is 0 Å². The fraction of sp³-hybridized carbons (Fsp3) is 0.400. The zero-order valence-corrected chi connectivity index (χ0v) is 12.1. The average molecular weight is 263 g/mol. The van der Waals surface area contributed by atoms with E-state index in [1.165, 1.54) is 0 Å². The number of aryl methyl sites for hydroxylation is 1. The SMILES string of the molecule is Cc1cc(Cl)c(NCC(C)(C)C)c2cccnc12. The number of fused-ring (bicyclic) bond motifs is 1. The van der Waals surface area contributed by atoms with Crippen LogP contribution < -0.4 is 5.32 Å². The highest BCUT2D eigenvalue weighted by Gasteiger charge is 2.13. The molecule has 0 amide bonds. The molecule has 0 aliphatic carbocycles. The second-order valence-electron chi connectivity index (χ2n) is 5.86. The van der Waals surface area contributed by atoms with Gasteiger partial charge in [-0.3, -0.25) is 4.98 Å². The Balaban J connectivity index is 2.49. The molecule has 1 aromatic heterocycles. The zero-order chi connectivity index (χ0) is 13.3. The maximum absolute atomic E-state index is 6.35. The van der Waals surface area contributed by atoms with Gasteiger partial charge in [0.15, 0.2) is 0 Å². The topological polar surface area (TPSA) is 24.9 Å². The summed E-state index contributed by atoms with van der Waals surface area (Å²) in [5, 5.41) is 5.30. The van der Waals surface area contributed by atoms with Gasteiger partial charge in [-0.05, 0) is 36.1 Å². The summed E-state index contributed by atoms with van der Waals surface area (Å²) in [4.78, 5) is 4.43. The number of anilines is 1. The van der Waals surface area contributed by atoms with Crippen molar-refractivity contribution in [3.63, 3.8) is 0 Å². The molecule has 0 atom stereocenters. The Morgan fingerprint density at radius 1 is 1.33 bits per heavy atom. The standard InChI is InChI=1S/C15H19ClN2/c1-10-8-12(16)14(18-9-15(2,3)4)11-6-5-7-17-13(10)11/h5-8,18H,9H2,1-4H3. The van der Waals surface area contributed by atoms with Gasteiger partial charge in [-0.15, -0.1) is 0 Å². The summed E-state index contributed by atoms with van der Waals surface area (Å²) in [7, 11) is 0. The van der Waals surface area contributed by atoms with Crippen LogP contribution >= 0.6 is 11.6 Å². The van der Waals surface area contributed by atoms with Gasteiger partial charge in [0, 0.05) is 18.1 Å². The molecule has 2 rings (SSSR count). The third-order valence-electron chi connectivity index (χ3n) is 2.83. The van der Waals surface area contributed by atoms with E-state index >= 15 is 0 Å². The summed E-state index contributed by atoms with van der Waals surface area (Å²) in [6, 6.07) is 5.98. The number of aromatic nitrogens is 1. The molecular weight excluding hydrogens is 244 g/mol. The molecule has 0 unspecified atom stereocenters. The summed E-state index contributed by atoms with van der Waals surface area (Å²) in [6.45, 7) is 9.50. The summed E-state index contributed by atoms with van der Waals surface area (Å²) >= 11 is 6.35. The Hall–Kier alpha value is -1.28. The molecule has 96 valence electrons. The largest absolute Gasteiger partial charge is 0.383 e. The minimum atomic E-state index is 0.211. The molecule has 1 N–H and O–H groups in total. The zero-order valence-electron chi connectivity index (χ0n) is 11.3. The molecule has 0 saturated carbocycles. The maximum atomic E-state index is 6.35. The molecule has 2 aromatic rings. The quantitative estimate of drug-likeness (QED) is 0.852. The van der Waals surface area contributed by atoms with Crippen LogP contribution in [-0.2, 0) is 0 Å². The summed E-state index contributed by atoms with van der Waals surface area (Å²) in [5.74, 6) is 0. The summed E-state index contributed by atoms with van der Waals surface area (Å²) < 4.78 is 0. The van der Waals surface area contributed by atoms with Gasteiger partial charge in [0.25, 0.3) is 0 Å². The van der Waals surface area contributed by atoms with Crippen LogP contribution in [0.3, 0.4) is 0 Å². The van der Waals surface area contributed by atoms with Crippen LogP contribution in [0.4, 0.5) is 5.69 Å². The van der Waals surface area contributed by atoms with Gasteiger partial charge < -0.3 is 5.32 Å². The number of pyridine rings is 1. The van der Waals surface area contributed by atoms with E-state index < -0.39 is 0 Å². The third kappa shape index (κ3) is 2.75. The number of nitrogens with one attached hydrogen (secondary N) is 1. The van der Waals surface area contributed by atoms with Crippen molar-refractivity contribution in [2.45, 2.75) is 27.7 Å². The predicted molar refractivity (Wildman–Crippen MR) is 79.4 cm³/mol. The lowest BCUT2D eigenvalue weighted by Crippen LogP contribution is -2.19. The second kappa shape index (κ2) is 4.77. The molecular formula is C15H19ClN2. The third-order valence-corrected chi connectivity index (χ3v) is 3.13. The molecule has 0 fully saturated rings. The minimum Gasteiger partial charge on any atom is -0.383 e. The van der Waals surface area contributed by atoms with Crippen molar-refractivity contribution in [1.82, 2.24) is 4.98 Å². The van der Waals surface area contributed by atoms with Crippen LogP contribution in [0.2, 0.25) is 5.02 Å². The van der Waals surface area contributed by atoms with E-state index in [9.17, 15) is 0 Å². The van der Waals surface area contributed by atoms with Crippen LogP contribution in [0.1, 0.15) is 26.3 Å². The van der Waals surface area contributed by atoms with Crippen molar-refractivity contribution in [3.05, 3.63) is 35.0 Å². The van der Waals surface area contributed by atoms with Gasteiger partial charge in [-0.2, -0.15) is 0 Å². The second-order valence-corrected chi connectivity index (χ2v) is 6.27. The molecule has 0 aliphatic rings. The van der Waals surface area contributed by atoms with Crippen molar-refractivity contribution in [2.75, 3.05) is 11.9 Å². The Bertz CT molecular complexity index is 570. The Morgan fingerprint density at radius 3 is 2.72 bits per heavy atom. The molecule has 0 saturated heterocycles. The number of benzene rings is 1. The van der Waals surface area contributed by atoms with Crippen molar-refractivity contribution in [2.24, 2.45) is 5.41 Å². The Morgan fingerprint density at radius 2 is 2.06 bits per heavy atom. The number of hydrogen-bond acceptors (Lipinski definition) is 2. The lowest BCUT2D eigenvalue weighted by molar-refractivity contribution is 0.443. The lowest BCUT2D eigenvalue weighted by atomic mass is 9.96. The van der Waals surface area contributed by atoms with Crippen LogP contribution in [0.25, 0.3) is 10.9 Å². The van der Waals surface area contributed by atoms with E-state index in [1.807, 2.05) is 25.3 Å². The first-order chi connectivity index (χ1) is 8.38.